The first kappa shape index (κ1) is 21.1. The molecule has 1 aliphatic rings. The van der Waals surface area contributed by atoms with Crippen LogP contribution in [0.3, 0.4) is 0 Å². The largest absolute Gasteiger partial charge is 0.380 e. The topological polar surface area (TPSA) is 76.8 Å². The van der Waals surface area contributed by atoms with Crippen molar-refractivity contribution in [3.05, 3.63) is 34.6 Å². The maximum Gasteiger partial charge on any atom is 0.222 e. The molecule has 3 N–H and O–H groups in total. The van der Waals surface area contributed by atoms with E-state index in [1.54, 1.807) is 12.1 Å². The van der Waals surface area contributed by atoms with Gasteiger partial charge in [0.05, 0.1) is 31.3 Å². The lowest BCUT2D eigenvalue weighted by atomic mass is 10.0. The Morgan fingerprint density at radius 2 is 2.35 bits per heavy atom. The first-order valence-corrected chi connectivity index (χ1v) is 9.13. The standard InChI is InChI=1S/C18H27ClFN3O3/c1-12-11-23(6-7-26-12)16(18-14(19)4-3-5-15(18)20)10-22-17(24)8-13(9-21)25-2/h3-5,12-13,16H,6-11,21H2,1-2H3,(H,22,24). The highest BCUT2D eigenvalue weighted by Crippen LogP contribution is 2.31. The van der Waals surface area contributed by atoms with Crippen LogP contribution in [0.2, 0.25) is 5.02 Å². The van der Waals surface area contributed by atoms with Gasteiger partial charge < -0.3 is 20.5 Å². The molecule has 1 saturated heterocycles. The molecule has 0 bridgehead atoms. The maximum absolute atomic E-state index is 14.5. The molecule has 146 valence electrons. The van der Waals surface area contributed by atoms with Crippen molar-refractivity contribution in [1.82, 2.24) is 10.2 Å². The summed E-state index contributed by atoms with van der Waals surface area (Å²) in [5.41, 5.74) is 5.95. The Morgan fingerprint density at radius 3 is 2.96 bits per heavy atom. The summed E-state index contributed by atoms with van der Waals surface area (Å²) in [7, 11) is 1.52. The van der Waals surface area contributed by atoms with E-state index in [1.165, 1.54) is 13.2 Å². The number of carbonyl (C=O) groups excluding carboxylic acids is 1. The van der Waals surface area contributed by atoms with Crippen molar-refractivity contribution >= 4 is 17.5 Å². The lowest BCUT2D eigenvalue weighted by Gasteiger charge is -2.38. The van der Waals surface area contributed by atoms with E-state index in [9.17, 15) is 9.18 Å². The molecule has 0 aromatic heterocycles. The Balaban J connectivity index is 2.15. The lowest BCUT2D eigenvalue weighted by molar-refractivity contribution is -0.123. The second kappa shape index (κ2) is 10.2. The lowest BCUT2D eigenvalue weighted by Crippen LogP contribution is -2.47. The van der Waals surface area contributed by atoms with Crippen LogP contribution in [0.5, 0.6) is 0 Å². The van der Waals surface area contributed by atoms with Crippen LogP contribution in [0.25, 0.3) is 0 Å². The molecular formula is C18H27ClFN3O3. The average molecular weight is 388 g/mol. The summed E-state index contributed by atoms with van der Waals surface area (Å²) in [4.78, 5) is 14.3. The van der Waals surface area contributed by atoms with Crippen molar-refractivity contribution < 1.29 is 18.7 Å². The highest BCUT2D eigenvalue weighted by atomic mass is 35.5. The Kier molecular flexibility index (Phi) is 8.24. The van der Waals surface area contributed by atoms with Crippen LogP contribution in [-0.2, 0) is 14.3 Å². The van der Waals surface area contributed by atoms with Crippen molar-refractivity contribution in [1.29, 1.82) is 0 Å². The van der Waals surface area contributed by atoms with Gasteiger partial charge in [-0.25, -0.2) is 4.39 Å². The Labute approximate surface area is 158 Å². The number of morpholine rings is 1. The van der Waals surface area contributed by atoms with Crippen LogP contribution in [0.15, 0.2) is 18.2 Å². The Bertz CT molecular complexity index is 581. The Hall–Kier alpha value is -1.25. The van der Waals surface area contributed by atoms with Crippen LogP contribution < -0.4 is 11.1 Å². The minimum Gasteiger partial charge on any atom is -0.380 e. The van der Waals surface area contributed by atoms with Crippen molar-refractivity contribution in [2.45, 2.75) is 31.6 Å². The third kappa shape index (κ3) is 5.62. The molecule has 0 spiro atoms. The van der Waals surface area contributed by atoms with Gasteiger partial charge in [-0.15, -0.1) is 0 Å². The van der Waals surface area contributed by atoms with Crippen molar-refractivity contribution in [3.63, 3.8) is 0 Å². The summed E-state index contributed by atoms with van der Waals surface area (Å²) in [6.45, 7) is 4.29. The number of amides is 1. The molecule has 6 nitrogen and oxygen atoms in total. The number of benzene rings is 1. The van der Waals surface area contributed by atoms with Gasteiger partial charge >= 0.3 is 0 Å². The Morgan fingerprint density at radius 1 is 1.58 bits per heavy atom. The summed E-state index contributed by atoms with van der Waals surface area (Å²) >= 11 is 6.28. The monoisotopic (exact) mass is 387 g/mol. The average Bonchev–Trinajstić information content (AvgIpc) is 2.62. The van der Waals surface area contributed by atoms with Gasteiger partial charge in [-0.2, -0.15) is 0 Å². The van der Waals surface area contributed by atoms with Crippen molar-refractivity contribution in [3.8, 4) is 0 Å². The van der Waals surface area contributed by atoms with E-state index >= 15 is 0 Å². The van der Waals surface area contributed by atoms with Gasteiger partial charge in [0.2, 0.25) is 5.91 Å². The van der Waals surface area contributed by atoms with Crippen LogP contribution in [-0.4, -0.2) is 62.9 Å². The van der Waals surface area contributed by atoms with Gasteiger partial charge in [0.25, 0.3) is 0 Å². The highest BCUT2D eigenvalue weighted by molar-refractivity contribution is 6.31. The molecule has 0 radical (unpaired) electrons. The first-order valence-electron chi connectivity index (χ1n) is 8.75. The van der Waals surface area contributed by atoms with E-state index in [2.05, 4.69) is 10.2 Å². The number of nitrogens with one attached hydrogen (secondary N) is 1. The summed E-state index contributed by atoms with van der Waals surface area (Å²) in [6.07, 6.45) is -0.152. The zero-order chi connectivity index (χ0) is 19.1. The third-order valence-corrected chi connectivity index (χ3v) is 4.88. The third-order valence-electron chi connectivity index (χ3n) is 4.55. The minimum atomic E-state index is -0.382. The summed E-state index contributed by atoms with van der Waals surface area (Å²) in [5, 5.41) is 3.21. The molecule has 1 amide bonds. The van der Waals surface area contributed by atoms with Crippen molar-refractivity contribution in [2.75, 3.05) is 39.9 Å². The van der Waals surface area contributed by atoms with Gasteiger partial charge in [0.15, 0.2) is 0 Å². The van der Waals surface area contributed by atoms with Crippen LogP contribution in [0.1, 0.15) is 24.9 Å². The molecule has 0 aliphatic carbocycles. The molecule has 8 heteroatoms. The molecule has 26 heavy (non-hydrogen) atoms. The summed E-state index contributed by atoms with van der Waals surface area (Å²) in [6, 6.07) is 4.24. The van der Waals surface area contributed by atoms with Crippen LogP contribution >= 0.6 is 11.6 Å². The van der Waals surface area contributed by atoms with E-state index < -0.39 is 0 Å². The fourth-order valence-electron chi connectivity index (χ4n) is 3.12. The molecule has 1 aromatic rings. The number of ether oxygens (including phenoxy) is 2. The number of hydrogen-bond acceptors (Lipinski definition) is 5. The van der Waals surface area contributed by atoms with Gasteiger partial charge in [0.1, 0.15) is 5.82 Å². The van der Waals surface area contributed by atoms with Crippen molar-refractivity contribution in [2.24, 2.45) is 5.73 Å². The fraction of sp³-hybridized carbons (Fsp3) is 0.611. The number of rotatable bonds is 8. The van der Waals surface area contributed by atoms with E-state index in [4.69, 9.17) is 26.8 Å². The molecule has 1 aromatic carbocycles. The molecular weight excluding hydrogens is 361 g/mol. The number of carbonyl (C=O) groups is 1. The smallest absolute Gasteiger partial charge is 0.222 e. The zero-order valence-corrected chi connectivity index (χ0v) is 16.0. The second-order valence-electron chi connectivity index (χ2n) is 6.43. The molecule has 3 atom stereocenters. The maximum atomic E-state index is 14.5. The second-order valence-corrected chi connectivity index (χ2v) is 6.84. The quantitative estimate of drug-likeness (QED) is 0.710. The molecule has 1 aliphatic heterocycles. The number of nitrogens with two attached hydrogens (primary N) is 1. The minimum absolute atomic E-state index is 0.0302. The molecule has 2 rings (SSSR count). The highest BCUT2D eigenvalue weighted by Gasteiger charge is 2.29. The normalized spacial score (nSPS) is 20.6. The van der Waals surface area contributed by atoms with Gasteiger partial charge in [-0.1, -0.05) is 17.7 Å². The van der Waals surface area contributed by atoms with E-state index in [0.717, 1.165) is 0 Å². The van der Waals surface area contributed by atoms with E-state index in [1.807, 2.05) is 6.92 Å². The molecule has 1 fully saturated rings. The number of halogens is 2. The predicted octanol–water partition coefficient (Wildman–Crippen LogP) is 1.72. The van der Waals surface area contributed by atoms with Gasteiger partial charge in [-0.05, 0) is 19.1 Å². The van der Waals surface area contributed by atoms with E-state index in [-0.39, 0.29) is 49.5 Å². The summed E-state index contributed by atoms with van der Waals surface area (Å²) < 4.78 is 25.2. The molecule has 0 saturated carbocycles. The van der Waals surface area contributed by atoms with Gasteiger partial charge in [-0.3, -0.25) is 9.69 Å². The predicted molar refractivity (Wildman–Crippen MR) is 98.6 cm³/mol. The van der Waals surface area contributed by atoms with Crippen LogP contribution in [0, 0.1) is 5.82 Å². The fourth-order valence-corrected chi connectivity index (χ4v) is 3.41. The number of methoxy groups -OCH3 is 1. The molecule has 3 unspecified atom stereocenters. The van der Waals surface area contributed by atoms with E-state index in [0.29, 0.717) is 30.3 Å². The molecule has 1 heterocycles. The van der Waals surface area contributed by atoms with Crippen LogP contribution in [0.4, 0.5) is 4.39 Å². The van der Waals surface area contributed by atoms with Gasteiger partial charge in [0, 0.05) is 43.9 Å². The first-order chi connectivity index (χ1) is 12.5. The number of hydrogen-bond donors (Lipinski definition) is 2. The summed E-state index contributed by atoms with van der Waals surface area (Å²) in [5.74, 6) is -0.575. The zero-order valence-electron chi connectivity index (χ0n) is 15.2. The number of nitrogens with zero attached hydrogens (tertiary/aromatic N) is 1. The SMILES string of the molecule is COC(CN)CC(=O)NCC(c1c(F)cccc1Cl)N1CCOC(C)C1.